The topological polar surface area (TPSA) is 110 Å². The lowest BCUT2D eigenvalue weighted by atomic mass is 9.97. The summed E-state index contributed by atoms with van der Waals surface area (Å²) in [5.41, 5.74) is 0.725. The molecule has 0 bridgehead atoms. The Balaban J connectivity index is 1.91. The smallest absolute Gasteiger partial charge is 0.303 e. The maximum Gasteiger partial charge on any atom is 0.303 e. The van der Waals surface area contributed by atoms with Crippen LogP contribution in [0.5, 0.6) is 0 Å². The number of esters is 3. The summed E-state index contributed by atoms with van der Waals surface area (Å²) in [5, 5.41) is 0. The number of hydrogen-bond donors (Lipinski definition) is 0. The Kier molecular flexibility index (Phi) is 5.93. The predicted molar refractivity (Wildman–Crippen MR) is 94.3 cm³/mol. The molecule has 2 aliphatic heterocycles. The Labute approximate surface area is 161 Å². The fraction of sp³-hybridized carbons (Fsp3) is 0.474. The van der Waals surface area contributed by atoms with Gasteiger partial charge in [-0.25, -0.2) is 4.99 Å². The van der Waals surface area contributed by atoms with Crippen molar-refractivity contribution in [3.63, 3.8) is 0 Å². The van der Waals surface area contributed by atoms with Gasteiger partial charge < -0.3 is 23.7 Å². The van der Waals surface area contributed by atoms with Gasteiger partial charge in [0.1, 0.15) is 12.7 Å². The van der Waals surface area contributed by atoms with Gasteiger partial charge in [-0.05, 0) is 12.1 Å². The molecule has 5 atom stereocenters. The molecular weight excluding hydrogens is 370 g/mol. The largest absolute Gasteiger partial charge is 0.463 e. The molecule has 0 spiro atoms. The number of carbonyl (C=O) groups excluding carboxylic acids is 3. The molecule has 150 valence electrons. The van der Waals surface area contributed by atoms with Crippen molar-refractivity contribution < 1.29 is 38.1 Å². The molecule has 1 saturated heterocycles. The monoisotopic (exact) mass is 391 g/mol. The van der Waals surface area contributed by atoms with Crippen LogP contribution < -0.4 is 0 Å². The molecule has 1 aromatic carbocycles. The number of nitrogens with zero attached hydrogens (tertiary/aromatic N) is 1. The molecule has 28 heavy (non-hydrogen) atoms. The van der Waals surface area contributed by atoms with Gasteiger partial charge in [-0.2, -0.15) is 0 Å². The Hall–Kier alpha value is -2.94. The highest BCUT2D eigenvalue weighted by Gasteiger charge is 2.54. The molecule has 5 unspecified atom stereocenters. The van der Waals surface area contributed by atoms with E-state index in [1.807, 2.05) is 30.3 Å². The maximum atomic E-state index is 11.7. The van der Waals surface area contributed by atoms with Gasteiger partial charge in [-0.1, -0.05) is 18.2 Å². The highest BCUT2D eigenvalue weighted by molar-refractivity contribution is 5.95. The van der Waals surface area contributed by atoms with Gasteiger partial charge in [0.15, 0.2) is 18.2 Å². The van der Waals surface area contributed by atoms with Crippen LogP contribution in [0.3, 0.4) is 0 Å². The van der Waals surface area contributed by atoms with Crippen molar-refractivity contribution in [1.29, 1.82) is 0 Å². The van der Waals surface area contributed by atoms with Crippen LogP contribution in [0, 0.1) is 0 Å². The van der Waals surface area contributed by atoms with Crippen molar-refractivity contribution in [2.45, 2.75) is 51.4 Å². The van der Waals surface area contributed by atoms with Gasteiger partial charge in [0.05, 0.1) is 0 Å². The fourth-order valence-electron chi connectivity index (χ4n) is 3.12. The number of benzene rings is 1. The molecule has 0 aromatic heterocycles. The lowest BCUT2D eigenvalue weighted by Gasteiger charge is -2.40. The van der Waals surface area contributed by atoms with Crippen LogP contribution in [0.15, 0.2) is 35.3 Å². The van der Waals surface area contributed by atoms with E-state index in [0.717, 1.165) is 5.56 Å². The van der Waals surface area contributed by atoms with Crippen molar-refractivity contribution in [2.75, 3.05) is 6.61 Å². The Bertz CT molecular complexity index is 777. The van der Waals surface area contributed by atoms with Crippen LogP contribution in [0.25, 0.3) is 0 Å². The number of ether oxygens (including phenoxy) is 5. The average molecular weight is 391 g/mol. The van der Waals surface area contributed by atoms with E-state index in [1.54, 1.807) is 0 Å². The van der Waals surface area contributed by atoms with E-state index in [9.17, 15) is 14.4 Å². The zero-order valence-electron chi connectivity index (χ0n) is 15.7. The third-order valence-corrected chi connectivity index (χ3v) is 4.18. The summed E-state index contributed by atoms with van der Waals surface area (Å²) in [4.78, 5) is 39.0. The Morgan fingerprint density at radius 2 is 1.61 bits per heavy atom. The first-order valence-corrected chi connectivity index (χ1v) is 8.78. The number of hydrogen-bond acceptors (Lipinski definition) is 9. The second-order valence-electron chi connectivity index (χ2n) is 6.40. The quantitative estimate of drug-likeness (QED) is 0.540. The minimum absolute atomic E-state index is 0.196. The standard InChI is InChI=1S/C19H21NO8/c1-10(21)24-9-14-16(25-11(2)22)17(26-12(3)23)15-19(27-14)28-18(20-15)13-7-5-4-6-8-13/h4-8,14-17,19H,9H2,1-3H3. The van der Waals surface area contributed by atoms with Crippen LogP contribution in [0.4, 0.5) is 0 Å². The SMILES string of the molecule is CC(=O)OCC1OC2OC(c3ccccc3)=NC2C(OC(C)=O)C1OC(C)=O. The zero-order valence-corrected chi connectivity index (χ0v) is 15.7. The minimum atomic E-state index is -1.01. The van der Waals surface area contributed by atoms with Gasteiger partial charge in [-0.15, -0.1) is 0 Å². The van der Waals surface area contributed by atoms with Gasteiger partial charge in [-0.3, -0.25) is 14.4 Å². The summed E-state index contributed by atoms with van der Waals surface area (Å²) in [6.45, 7) is 3.52. The van der Waals surface area contributed by atoms with Gasteiger partial charge in [0.2, 0.25) is 12.2 Å². The van der Waals surface area contributed by atoms with Crippen LogP contribution in [-0.4, -0.2) is 61.1 Å². The highest BCUT2D eigenvalue weighted by atomic mass is 16.7. The molecule has 9 nitrogen and oxygen atoms in total. The Morgan fingerprint density at radius 3 is 2.21 bits per heavy atom. The first-order valence-electron chi connectivity index (χ1n) is 8.78. The molecule has 1 fully saturated rings. The molecule has 0 saturated carbocycles. The number of fused-ring (bicyclic) bond motifs is 1. The summed E-state index contributed by atoms with van der Waals surface area (Å²) in [6.07, 6.45) is -3.73. The van der Waals surface area contributed by atoms with E-state index in [-0.39, 0.29) is 6.61 Å². The first kappa shape index (κ1) is 19.8. The molecule has 2 heterocycles. The van der Waals surface area contributed by atoms with Crippen LogP contribution in [0.2, 0.25) is 0 Å². The number of carbonyl (C=O) groups is 3. The van der Waals surface area contributed by atoms with Crippen molar-refractivity contribution >= 4 is 23.8 Å². The molecule has 0 radical (unpaired) electrons. The third kappa shape index (κ3) is 4.48. The summed E-state index contributed by atoms with van der Waals surface area (Å²) in [6, 6.07) is 8.42. The van der Waals surface area contributed by atoms with E-state index in [1.165, 1.54) is 20.8 Å². The van der Waals surface area contributed by atoms with Crippen LogP contribution in [0.1, 0.15) is 26.3 Å². The van der Waals surface area contributed by atoms with Crippen molar-refractivity contribution in [3.05, 3.63) is 35.9 Å². The number of rotatable bonds is 5. The molecule has 0 N–H and O–H groups in total. The maximum absolute atomic E-state index is 11.7. The van der Waals surface area contributed by atoms with E-state index < -0.39 is 48.6 Å². The van der Waals surface area contributed by atoms with Crippen LogP contribution >= 0.6 is 0 Å². The van der Waals surface area contributed by atoms with E-state index >= 15 is 0 Å². The average Bonchev–Trinajstić information content (AvgIpc) is 3.06. The van der Waals surface area contributed by atoms with Crippen molar-refractivity contribution in [2.24, 2.45) is 4.99 Å². The van der Waals surface area contributed by atoms with E-state index in [4.69, 9.17) is 23.7 Å². The van der Waals surface area contributed by atoms with Gasteiger partial charge in [0, 0.05) is 26.3 Å². The van der Waals surface area contributed by atoms with Gasteiger partial charge in [0.25, 0.3) is 0 Å². The molecule has 0 amide bonds. The lowest BCUT2D eigenvalue weighted by molar-refractivity contribution is -0.249. The zero-order chi connectivity index (χ0) is 20.3. The van der Waals surface area contributed by atoms with Crippen molar-refractivity contribution in [3.8, 4) is 0 Å². The summed E-state index contributed by atoms with van der Waals surface area (Å²) in [5.74, 6) is -1.37. The normalized spacial score (nSPS) is 28.4. The second-order valence-corrected chi connectivity index (χ2v) is 6.40. The summed E-state index contributed by atoms with van der Waals surface area (Å²) in [7, 11) is 0. The third-order valence-electron chi connectivity index (χ3n) is 4.18. The second kappa shape index (κ2) is 8.39. The first-order chi connectivity index (χ1) is 13.3. The Morgan fingerprint density at radius 1 is 0.964 bits per heavy atom. The summed E-state index contributed by atoms with van der Waals surface area (Å²) >= 11 is 0. The number of aliphatic imine (C=N–C) groups is 1. The lowest BCUT2D eigenvalue weighted by Crippen LogP contribution is -2.60. The molecule has 9 heteroatoms. The molecular formula is C19H21NO8. The van der Waals surface area contributed by atoms with E-state index in [0.29, 0.717) is 5.90 Å². The predicted octanol–water partition coefficient (Wildman–Crippen LogP) is 0.983. The minimum Gasteiger partial charge on any atom is -0.463 e. The van der Waals surface area contributed by atoms with Gasteiger partial charge >= 0.3 is 17.9 Å². The van der Waals surface area contributed by atoms with Crippen LogP contribution in [-0.2, 0) is 38.1 Å². The molecule has 1 aromatic rings. The van der Waals surface area contributed by atoms with Crippen molar-refractivity contribution in [1.82, 2.24) is 0 Å². The molecule has 3 rings (SSSR count). The molecule has 0 aliphatic carbocycles. The molecule has 2 aliphatic rings. The highest BCUT2D eigenvalue weighted by Crippen LogP contribution is 2.33. The van der Waals surface area contributed by atoms with E-state index in [2.05, 4.69) is 4.99 Å². The fourth-order valence-corrected chi connectivity index (χ4v) is 3.12. The summed E-state index contributed by atoms with van der Waals surface area (Å²) < 4.78 is 27.4.